The lowest BCUT2D eigenvalue weighted by molar-refractivity contribution is 0.0677. The van der Waals surface area contributed by atoms with E-state index in [1.807, 2.05) is 24.4 Å². The summed E-state index contributed by atoms with van der Waals surface area (Å²) < 4.78 is 13.5. The predicted octanol–water partition coefficient (Wildman–Crippen LogP) is 6.18. The lowest BCUT2D eigenvalue weighted by Crippen LogP contribution is -2.46. The number of benzene rings is 1. The Morgan fingerprint density at radius 3 is 2.46 bits per heavy atom. The third-order valence-corrected chi connectivity index (χ3v) is 10.9. The molecule has 2 aromatic rings. The molecule has 2 atom stereocenters. The maximum Gasteiger partial charge on any atom is 0.257 e. The summed E-state index contributed by atoms with van der Waals surface area (Å²) in [5, 5.41) is 5.35. The number of nitrogens with one attached hydrogen (secondary N) is 1. The Bertz CT molecular complexity index is 806. The summed E-state index contributed by atoms with van der Waals surface area (Å²) in [6.45, 7) is 15.2. The number of hydrogen-bond acceptors (Lipinski definition) is 5. The van der Waals surface area contributed by atoms with Crippen molar-refractivity contribution in [2.45, 2.75) is 65.0 Å². The van der Waals surface area contributed by atoms with E-state index < -0.39 is 8.32 Å². The molecular formula is C20H29IN2O3SSi. The molecule has 1 aromatic carbocycles. The van der Waals surface area contributed by atoms with Gasteiger partial charge in [-0.1, -0.05) is 20.8 Å². The molecule has 0 saturated carbocycles. The van der Waals surface area contributed by atoms with Crippen LogP contribution in [0.2, 0.25) is 18.1 Å². The molecule has 1 heterocycles. The van der Waals surface area contributed by atoms with Gasteiger partial charge in [-0.2, -0.15) is 0 Å². The fourth-order valence-electron chi connectivity index (χ4n) is 2.26. The molecule has 28 heavy (non-hydrogen) atoms. The number of rotatable bonds is 7. The minimum absolute atomic E-state index is 0.0497. The number of amides is 1. The maximum absolute atomic E-state index is 12.5. The molecule has 1 N–H and O–H groups in total. The molecule has 5 nitrogen and oxygen atoms in total. The number of halogens is 1. The van der Waals surface area contributed by atoms with Crippen LogP contribution in [0.3, 0.4) is 0 Å². The van der Waals surface area contributed by atoms with Gasteiger partial charge in [0.25, 0.3) is 5.91 Å². The van der Waals surface area contributed by atoms with Crippen molar-refractivity contribution in [2.24, 2.45) is 0 Å². The number of nitrogens with zero attached hydrogens (tertiary/aromatic N) is 1. The average Bonchev–Trinajstić information content (AvgIpc) is 3.05. The van der Waals surface area contributed by atoms with Gasteiger partial charge in [0.05, 0.1) is 6.10 Å². The van der Waals surface area contributed by atoms with Gasteiger partial charge in [-0.25, -0.2) is 4.98 Å². The second-order valence-electron chi connectivity index (χ2n) is 8.37. The number of carbonyl (C=O) groups excluding carboxylic acids is 1. The van der Waals surface area contributed by atoms with Crippen molar-refractivity contribution in [3.8, 4) is 5.75 Å². The van der Waals surface area contributed by atoms with Crippen molar-refractivity contribution in [1.29, 1.82) is 0 Å². The van der Waals surface area contributed by atoms with E-state index >= 15 is 0 Å². The van der Waals surface area contributed by atoms with Crippen LogP contribution in [0, 0.1) is 3.57 Å². The Labute approximate surface area is 186 Å². The van der Waals surface area contributed by atoms with E-state index in [-0.39, 0.29) is 23.2 Å². The number of aromatic nitrogens is 1. The highest BCUT2D eigenvalue weighted by atomic mass is 127. The van der Waals surface area contributed by atoms with E-state index in [1.165, 1.54) is 11.3 Å². The molecule has 8 heteroatoms. The molecule has 2 unspecified atom stereocenters. The van der Waals surface area contributed by atoms with Crippen molar-refractivity contribution in [1.82, 2.24) is 4.98 Å². The summed E-state index contributed by atoms with van der Waals surface area (Å²) in [7, 11) is -1.88. The van der Waals surface area contributed by atoms with Crippen LogP contribution in [-0.4, -0.2) is 31.4 Å². The lowest BCUT2D eigenvalue weighted by atomic mass is 10.2. The highest BCUT2D eigenvalue weighted by molar-refractivity contribution is 14.1. The van der Waals surface area contributed by atoms with Crippen LogP contribution in [0.5, 0.6) is 5.75 Å². The van der Waals surface area contributed by atoms with E-state index in [0.717, 1.165) is 3.57 Å². The summed E-state index contributed by atoms with van der Waals surface area (Å²) in [6.07, 6.45) is 1.48. The number of carbonyl (C=O) groups is 1. The van der Waals surface area contributed by atoms with Crippen molar-refractivity contribution < 1.29 is 14.0 Å². The third-order valence-electron chi connectivity index (χ3n) is 5.06. The minimum atomic E-state index is -1.88. The smallest absolute Gasteiger partial charge is 0.257 e. The molecule has 1 aromatic heterocycles. The average molecular weight is 533 g/mol. The second kappa shape index (κ2) is 9.23. The summed E-state index contributed by atoms with van der Waals surface area (Å²) >= 11 is 3.58. The fourth-order valence-corrected chi connectivity index (χ4v) is 4.91. The van der Waals surface area contributed by atoms with Gasteiger partial charge in [-0.15, -0.1) is 11.3 Å². The quantitative estimate of drug-likeness (QED) is 0.342. The first-order chi connectivity index (χ1) is 12.9. The van der Waals surface area contributed by atoms with Crippen LogP contribution in [0.15, 0.2) is 29.8 Å². The minimum Gasteiger partial charge on any atom is -0.488 e. The highest BCUT2D eigenvalue weighted by Gasteiger charge is 2.39. The van der Waals surface area contributed by atoms with Gasteiger partial charge in [-0.3, -0.25) is 10.1 Å². The summed E-state index contributed by atoms with van der Waals surface area (Å²) in [4.78, 5) is 16.6. The van der Waals surface area contributed by atoms with Gasteiger partial charge >= 0.3 is 0 Å². The molecule has 0 saturated heterocycles. The Morgan fingerprint density at radius 2 is 1.89 bits per heavy atom. The zero-order chi connectivity index (χ0) is 21.1. The first-order valence-corrected chi connectivity index (χ1v) is 14.1. The first kappa shape index (κ1) is 23.3. The SMILES string of the molecule is CC(Oc1cc(I)cc(C(=O)Nc2nccs2)c1)C(C)O[Si](C)(C)C(C)(C)C. The lowest BCUT2D eigenvalue weighted by Gasteiger charge is -2.39. The highest BCUT2D eigenvalue weighted by Crippen LogP contribution is 2.37. The van der Waals surface area contributed by atoms with Crippen molar-refractivity contribution in [2.75, 3.05) is 5.32 Å². The number of hydrogen-bond donors (Lipinski definition) is 1. The van der Waals surface area contributed by atoms with Crippen LogP contribution >= 0.6 is 33.9 Å². The van der Waals surface area contributed by atoms with Gasteiger partial charge in [-0.05, 0) is 72.8 Å². The van der Waals surface area contributed by atoms with Gasteiger partial charge in [0.15, 0.2) is 13.4 Å². The molecule has 0 bridgehead atoms. The molecule has 0 fully saturated rings. The van der Waals surface area contributed by atoms with Crippen LogP contribution in [0.25, 0.3) is 0 Å². The number of thiazole rings is 1. The van der Waals surface area contributed by atoms with Crippen LogP contribution in [0.4, 0.5) is 5.13 Å². The maximum atomic E-state index is 12.5. The predicted molar refractivity (Wildman–Crippen MR) is 127 cm³/mol. The Hall–Kier alpha value is -0.973. The zero-order valence-electron chi connectivity index (χ0n) is 17.5. The van der Waals surface area contributed by atoms with Gasteiger partial charge in [0, 0.05) is 20.7 Å². The molecule has 0 aliphatic heterocycles. The second-order valence-corrected chi connectivity index (χ2v) is 15.3. The molecule has 0 aliphatic carbocycles. The van der Waals surface area contributed by atoms with Gasteiger partial charge in [0.2, 0.25) is 0 Å². The standard InChI is InChI=1S/C20H29IN2O3SSi/c1-13(14(2)26-28(6,7)20(3,4)5)25-17-11-15(10-16(21)12-17)18(24)23-19-22-8-9-27-19/h8-14H,1-7H3,(H,22,23,24). The van der Waals surface area contributed by atoms with Crippen molar-refractivity contribution in [3.63, 3.8) is 0 Å². The molecule has 154 valence electrons. The summed E-state index contributed by atoms with van der Waals surface area (Å²) in [5.41, 5.74) is 0.544. The van der Waals surface area contributed by atoms with Crippen LogP contribution in [0.1, 0.15) is 45.0 Å². The Balaban J connectivity index is 2.09. The molecule has 1 amide bonds. The molecule has 2 rings (SSSR count). The van der Waals surface area contributed by atoms with E-state index in [0.29, 0.717) is 16.4 Å². The van der Waals surface area contributed by atoms with E-state index in [9.17, 15) is 4.79 Å². The van der Waals surface area contributed by atoms with Gasteiger partial charge in [0.1, 0.15) is 11.9 Å². The largest absolute Gasteiger partial charge is 0.488 e. The summed E-state index contributed by atoms with van der Waals surface area (Å²) in [5.74, 6) is 0.464. The van der Waals surface area contributed by atoms with E-state index in [1.54, 1.807) is 12.3 Å². The van der Waals surface area contributed by atoms with E-state index in [2.05, 4.69) is 73.7 Å². The Kier molecular flexibility index (Phi) is 7.68. The Morgan fingerprint density at radius 1 is 1.21 bits per heavy atom. The molecular weight excluding hydrogens is 503 g/mol. The molecule has 0 spiro atoms. The number of ether oxygens (including phenoxy) is 1. The third kappa shape index (κ3) is 6.26. The normalized spacial score (nSPS) is 14.4. The van der Waals surface area contributed by atoms with Gasteiger partial charge < -0.3 is 9.16 Å². The van der Waals surface area contributed by atoms with Crippen molar-refractivity contribution in [3.05, 3.63) is 38.9 Å². The molecule has 0 radical (unpaired) electrons. The van der Waals surface area contributed by atoms with Crippen molar-refractivity contribution >= 4 is 53.3 Å². The monoisotopic (exact) mass is 532 g/mol. The molecule has 0 aliphatic rings. The summed E-state index contributed by atoms with van der Waals surface area (Å²) in [6, 6.07) is 5.52. The van der Waals surface area contributed by atoms with Crippen LogP contribution in [-0.2, 0) is 4.43 Å². The fraction of sp³-hybridized carbons (Fsp3) is 0.500. The number of anilines is 1. The van der Waals surface area contributed by atoms with Crippen LogP contribution < -0.4 is 10.1 Å². The topological polar surface area (TPSA) is 60.5 Å². The first-order valence-electron chi connectivity index (χ1n) is 9.25. The zero-order valence-corrected chi connectivity index (χ0v) is 21.5. The van der Waals surface area contributed by atoms with E-state index in [4.69, 9.17) is 9.16 Å².